The van der Waals surface area contributed by atoms with Crippen molar-refractivity contribution < 1.29 is 47.7 Å². The number of amides is 2. The molecule has 2 fully saturated rings. The topological polar surface area (TPSA) is 156 Å². The standard InChI is InChI=1S/C28H36Cl2N2O10/c1-7-38-24(35)20-19-21(20)28(25(36)39-8-2,32-26(37)42-27(4,5)6)23(22(19)31-18(34)13-40-14(3)33)41-12-15-9-10-16(29)17(30)11-15/h9-11,19-23H,7-8,12-13H2,1-6H3,(H,31,34)(H,32,37)/t19?,20-,21-,22-,23+,28+/m0/s1. The summed E-state index contributed by atoms with van der Waals surface area (Å²) in [5.41, 5.74) is -2.33. The molecule has 0 heterocycles. The zero-order valence-electron chi connectivity index (χ0n) is 24.3. The fourth-order valence-electron chi connectivity index (χ4n) is 5.38. The van der Waals surface area contributed by atoms with Crippen molar-refractivity contribution in [3.63, 3.8) is 0 Å². The van der Waals surface area contributed by atoms with E-state index in [-0.39, 0.29) is 24.8 Å². The number of hydrogen-bond donors (Lipinski definition) is 2. The van der Waals surface area contributed by atoms with E-state index in [9.17, 15) is 24.0 Å². The highest BCUT2D eigenvalue weighted by Crippen LogP contribution is 2.64. The smallest absolute Gasteiger partial charge is 0.408 e. The van der Waals surface area contributed by atoms with Crippen LogP contribution < -0.4 is 10.6 Å². The molecular weight excluding hydrogens is 595 g/mol. The van der Waals surface area contributed by atoms with E-state index in [0.717, 1.165) is 6.92 Å². The van der Waals surface area contributed by atoms with Gasteiger partial charge in [-0.15, -0.1) is 0 Å². The van der Waals surface area contributed by atoms with Crippen LogP contribution in [0.3, 0.4) is 0 Å². The highest BCUT2D eigenvalue weighted by molar-refractivity contribution is 6.42. The molecule has 0 radical (unpaired) electrons. The highest BCUT2D eigenvalue weighted by atomic mass is 35.5. The van der Waals surface area contributed by atoms with Gasteiger partial charge in [0.2, 0.25) is 0 Å². The molecule has 2 N–H and O–H groups in total. The molecule has 6 atom stereocenters. The van der Waals surface area contributed by atoms with Crippen molar-refractivity contribution in [3.05, 3.63) is 33.8 Å². The van der Waals surface area contributed by atoms with Crippen molar-refractivity contribution in [2.75, 3.05) is 19.8 Å². The summed E-state index contributed by atoms with van der Waals surface area (Å²) in [5, 5.41) is 5.99. The molecule has 12 nitrogen and oxygen atoms in total. The predicted molar refractivity (Wildman–Crippen MR) is 149 cm³/mol. The number of rotatable bonds is 11. The summed E-state index contributed by atoms with van der Waals surface area (Å²) >= 11 is 12.2. The number of carbonyl (C=O) groups excluding carboxylic acids is 5. The molecule has 0 saturated heterocycles. The molecule has 1 aromatic carbocycles. The lowest BCUT2D eigenvalue weighted by atomic mass is 9.85. The van der Waals surface area contributed by atoms with E-state index in [1.54, 1.807) is 52.8 Å². The highest BCUT2D eigenvalue weighted by Gasteiger charge is 2.81. The van der Waals surface area contributed by atoms with Gasteiger partial charge in [-0.1, -0.05) is 29.3 Å². The molecule has 0 aliphatic heterocycles. The number of nitrogens with one attached hydrogen (secondary N) is 2. The van der Waals surface area contributed by atoms with E-state index < -0.39 is 77.6 Å². The van der Waals surface area contributed by atoms with Gasteiger partial charge in [-0.25, -0.2) is 9.59 Å². The zero-order valence-corrected chi connectivity index (χ0v) is 25.8. The lowest BCUT2D eigenvalue weighted by Crippen LogP contribution is -2.68. The normalized spacial score (nSPS) is 26.0. The SMILES string of the molecule is CCOC(=O)[C@H]1C2[C@H](NC(=O)COC(C)=O)[C@@H](OCc3ccc(Cl)c(Cl)c3)[C@@](NC(=O)OC(C)(C)C)(C(=O)OCC)[C@@H]21. The minimum Gasteiger partial charge on any atom is -0.466 e. The van der Waals surface area contributed by atoms with Crippen LogP contribution in [0, 0.1) is 17.8 Å². The Bertz CT molecular complexity index is 1220. The van der Waals surface area contributed by atoms with Crippen molar-refractivity contribution in [1.82, 2.24) is 10.6 Å². The Labute approximate surface area is 254 Å². The second-order valence-electron chi connectivity index (χ2n) is 11.0. The number of alkyl carbamates (subject to hydrolysis) is 1. The fraction of sp³-hybridized carbons (Fsp3) is 0.607. The van der Waals surface area contributed by atoms with Crippen LogP contribution in [0.2, 0.25) is 10.0 Å². The van der Waals surface area contributed by atoms with Crippen molar-refractivity contribution in [1.29, 1.82) is 0 Å². The van der Waals surface area contributed by atoms with Crippen LogP contribution in [0.4, 0.5) is 4.79 Å². The number of halogens is 2. The Morgan fingerprint density at radius 2 is 1.64 bits per heavy atom. The first-order chi connectivity index (χ1) is 19.7. The van der Waals surface area contributed by atoms with Gasteiger partial charge in [0.25, 0.3) is 5.91 Å². The van der Waals surface area contributed by atoms with Crippen LogP contribution in [0.5, 0.6) is 0 Å². The first kappa shape index (κ1) is 33.4. The zero-order chi connectivity index (χ0) is 31.4. The van der Waals surface area contributed by atoms with Gasteiger partial charge in [-0.3, -0.25) is 14.4 Å². The van der Waals surface area contributed by atoms with Crippen LogP contribution in [0.15, 0.2) is 18.2 Å². The lowest BCUT2D eigenvalue weighted by molar-refractivity contribution is -0.163. The van der Waals surface area contributed by atoms with Gasteiger partial charge in [-0.2, -0.15) is 0 Å². The fourth-order valence-corrected chi connectivity index (χ4v) is 5.70. The minimum atomic E-state index is -1.98. The van der Waals surface area contributed by atoms with E-state index in [0.29, 0.717) is 10.6 Å². The average molecular weight is 632 g/mol. The van der Waals surface area contributed by atoms with Crippen LogP contribution in [0.1, 0.15) is 47.1 Å². The number of carbonyl (C=O) groups is 5. The van der Waals surface area contributed by atoms with E-state index in [1.807, 2.05) is 0 Å². The molecule has 0 spiro atoms. The minimum absolute atomic E-state index is 0.0545. The van der Waals surface area contributed by atoms with E-state index >= 15 is 0 Å². The maximum Gasteiger partial charge on any atom is 0.408 e. The molecule has 3 rings (SSSR count). The van der Waals surface area contributed by atoms with Gasteiger partial charge in [-0.05, 0) is 52.3 Å². The van der Waals surface area contributed by atoms with Gasteiger partial charge < -0.3 is 34.3 Å². The maximum atomic E-state index is 13.9. The first-order valence-corrected chi connectivity index (χ1v) is 14.2. The average Bonchev–Trinajstić information content (AvgIpc) is 3.57. The summed E-state index contributed by atoms with van der Waals surface area (Å²) in [5.74, 6) is -5.37. The lowest BCUT2D eigenvalue weighted by Gasteiger charge is -2.39. The number of benzene rings is 1. The molecule has 2 aliphatic carbocycles. The first-order valence-electron chi connectivity index (χ1n) is 13.5. The molecular formula is C28H36Cl2N2O10. The van der Waals surface area contributed by atoms with E-state index in [2.05, 4.69) is 10.6 Å². The summed E-state index contributed by atoms with van der Waals surface area (Å²) in [4.78, 5) is 64.3. The van der Waals surface area contributed by atoms with Crippen molar-refractivity contribution in [3.8, 4) is 0 Å². The largest absolute Gasteiger partial charge is 0.466 e. The number of fused-ring (bicyclic) bond motifs is 1. The molecule has 0 bridgehead atoms. The van der Waals surface area contributed by atoms with Crippen molar-refractivity contribution in [2.24, 2.45) is 17.8 Å². The summed E-state index contributed by atoms with van der Waals surface area (Å²) in [6.45, 7) is 8.60. The summed E-state index contributed by atoms with van der Waals surface area (Å²) in [7, 11) is 0. The summed E-state index contributed by atoms with van der Waals surface area (Å²) < 4.78 is 27.3. The second-order valence-corrected chi connectivity index (χ2v) is 11.8. The molecule has 1 aromatic rings. The number of ether oxygens (including phenoxy) is 5. The molecule has 0 aromatic heterocycles. The van der Waals surface area contributed by atoms with Crippen LogP contribution in [-0.2, 0) is 49.5 Å². The Morgan fingerprint density at radius 3 is 2.21 bits per heavy atom. The Balaban J connectivity index is 2.10. The maximum absolute atomic E-state index is 13.9. The molecule has 42 heavy (non-hydrogen) atoms. The van der Waals surface area contributed by atoms with Gasteiger partial charge in [0, 0.05) is 18.8 Å². The monoisotopic (exact) mass is 630 g/mol. The molecule has 14 heteroatoms. The van der Waals surface area contributed by atoms with Crippen molar-refractivity contribution >= 4 is 53.1 Å². The van der Waals surface area contributed by atoms with Crippen LogP contribution in [0.25, 0.3) is 0 Å². The third kappa shape index (κ3) is 7.45. The van der Waals surface area contributed by atoms with Crippen molar-refractivity contribution in [2.45, 2.75) is 71.4 Å². The molecule has 232 valence electrons. The molecule has 2 saturated carbocycles. The summed E-state index contributed by atoms with van der Waals surface area (Å²) in [6.07, 6.45) is -2.22. The van der Waals surface area contributed by atoms with E-state index in [1.165, 1.54) is 0 Å². The Kier molecular flexibility index (Phi) is 10.7. The number of hydrogen-bond acceptors (Lipinski definition) is 10. The third-order valence-corrected chi connectivity index (χ3v) is 7.56. The van der Waals surface area contributed by atoms with Gasteiger partial charge in [0.1, 0.15) is 11.7 Å². The summed E-state index contributed by atoms with van der Waals surface area (Å²) in [6, 6.07) is 3.78. The predicted octanol–water partition coefficient (Wildman–Crippen LogP) is 3.19. The second kappa shape index (κ2) is 13.5. The quantitative estimate of drug-likeness (QED) is 0.275. The van der Waals surface area contributed by atoms with Gasteiger partial charge in [0.05, 0.1) is 41.8 Å². The molecule has 2 aliphatic rings. The van der Waals surface area contributed by atoms with Crippen LogP contribution >= 0.6 is 23.2 Å². The molecule has 1 unspecified atom stereocenters. The van der Waals surface area contributed by atoms with Gasteiger partial charge >= 0.3 is 24.0 Å². The van der Waals surface area contributed by atoms with Crippen LogP contribution in [-0.4, -0.2) is 73.0 Å². The Hall–Kier alpha value is -3.09. The number of esters is 3. The third-order valence-electron chi connectivity index (χ3n) is 6.82. The molecule has 2 amide bonds. The Morgan fingerprint density at radius 1 is 0.976 bits per heavy atom. The van der Waals surface area contributed by atoms with Gasteiger partial charge in [0.15, 0.2) is 12.1 Å². The van der Waals surface area contributed by atoms with E-state index in [4.69, 9.17) is 46.9 Å².